The SMILES string of the molecule is CCCC1=NN2C(=N)C(=Cc3ccc(OCCOc4ccc(C(C)(C)C)cc4)c(OC)c3)C(=O)N=C2S1. The van der Waals surface area contributed by atoms with Crippen LogP contribution in [-0.2, 0) is 10.2 Å². The number of amides is 1. The summed E-state index contributed by atoms with van der Waals surface area (Å²) >= 11 is 1.34. The minimum absolute atomic E-state index is 0.0144. The van der Waals surface area contributed by atoms with Gasteiger partial charge in [-0.05, 0) is 71.5 Å². The summed E-state index contributed by atoms with van der Waals surface area (Å²) < 4.78 is 17.2. The summed E-state index contributed by atoms with van der Waals surface area (Å²) in [6.07, 6.45) is 3.34. The first-order valence-corrected chi connectivity index (χ1v) is 13.0. The van der Waals surface area contributed by atoms with Crippen LogP contribution in [-0.4, -0.2) is 47.3 Å². The molecule has 37 heavy (non-hydrogen) atoms. The molecule has 0 radical (unpaired) electrons. The highest BCUT2D eigenvalue weighted by Gasteiger charge is 2.35. The first-order chi connectivity index (χ1) is 17.7. The van der Waals surface area contributed by atoms with E-state index in [1.54, 1.807) is 31.4 Å². The molecule has 2 heterocycles. The van der Waals surface area contributed by atoms with Gasteiger partial charge in [0.2, 0.25) is 5.17 Å². The second kappa shape index (κ2) is 11.2. The van der Waals surface area contributed by atoms with Crippen LogP contribution < -0.4 is 14.2 Å². The Morgan fingerprint density at radius 1 is 1.05 bits per heavy atom. The monoisotopic (exact) mass is 520 g/mol. The molecule has 2 aliphatic heterocycles. The van der Waals surface area contributed by atoms with Crippen LogP contribution in [0.4, 0.5) is 0 Å². The van der Waals surface area contributed by atoms with Gasteiger partial charge in [-0.1, -0.05) is 45.9 Å². The molecular formula is C28H32N4O4S. The number of rotatable bonds is 9. The Kier molecular flexibility index (Phi) is 8.02. The molecule has 4 rings (SSSR count). The summed E-state index contributed by atoms with van der Waals surface area (Å²) in [5.41, 5.74) is 2.21. The van der Waals surface area contributed by atoms with Crippen LogP contribution in [0, 0.1) is 5.41 Å². The largest absolute Gasteiger partial charge is 0.493 e. The van der Waals surface area contributed by atoms with Crippen molar-refractivity contribution in [2.24, 2.45) is 10.1 Å². The summed E-state index contributed by atoms with van der Waals surface area (Å²) in [6, 6.07) is 13.4. The number of ether oxygens (including phenoxy) is 3. The smallest absolute Gasteiger partial charge is 0.283 e. The van der Waals surface area contributed by atoms with Crippen LogP contribution in [0.25, 0.3) is 6.08 Å². The molecule has 0 aliphatic carbocycles. The van der Waals surface area contributed by atoms with Gasteiger partial charge in [-0.15, -0.1) is 0 Å². The summed E-state index contributed by atoms with van der Waals surface area (Å²) in [7, 11) is 1.56. The molecule has 194 valence electrons. The summed E-state index contributed by atoms with van der Waals surface area (Å²) in [6.45, 7) is 9.31. The number of amidine groups is 2. The molecule has 0 bridgehead atoms. The van der Waals surface area contributed by atoms with E-state index < -0.39 is 5.91 Å². The Morgan fingerprint density at radius 3 is 2.46 bits per heavy atom. The third-order valence-corrected chi connectivity index (χ3v) is 6.76. The topological polar surface area (TPSA) is 96.6 Å². The Morgan fingerprint density at radius 2 is 1.78 bits per heavy atom. The molecule has 0 atom stereocenters. The van der Waals surface area contributed by atoms with Gasteiger partial charge in [0.05, 0.1) is 12.7 Å². The molecule has 0 spiro atoms. The fourth-order valence-electron chi connectivity index (χ4n) is 3.77. The number of thioether (sulfide) groups is 1. The summed E-state index contributed by atoms with van der Waals surface area (Å²) in [5, 5.41) is 15.7. The van der Waals surface area contributed by atoms with Crippen molar-refractivity contribution in [2.45, 2.75) is 46.0 Å². The fraction of sp³-hybridized carbons (Fsp3) is 0.357. The number of hydrogen-bond donors (Lipinski definition) is 1. The molecule has 9 heteroatoms. The number of benzene rings is 2. The van der Waals surface area contributed by atoms with E-state index in [0.29, 0.717) is 35.4 Å². The minimum Gasteiger partial charge on any atom is -0.493 e. The average molecular weight is 521 g/mol. The van der Waals surface area contributed by atoms with E-state index in [4.69, 9.17) is 19.6 Å². The Labute approximate surface area is 221 Å². The van der Waals surface area contributed by atoms with Gasteiger partial charge >= 0.3 is 0 Å². The van der Waals surface area contributed by atoms with Crippen LogP contribution in [0.5, 0.6) is 17.2 Å². The van der Waals surface area contributed by atoms with Gasteiger partial charge in [-0.2, -0.15) is 15.1 Å². The summed E-state index contributed by atoms with van der Waals surface area (Å²) in [4.78, 5) is 16.8. The molecule has 0 fully saturated rings. The van der Waals surface area contributed by atoms with E-state index >= 15 is 0 Å². The van der Waals surface area contributed by atoms with E-state index in [0.717, 1.165) is 23.6 Å². The third kappa shape index (κ3) is 6.22. The van der Waals surface area contributed by atoms with Crippen molar-refractivity contribution in [1.29, 1.82) is 5.41 Å². The number of hydrogen-bond acceptors (Lipinski definition) is 7. The van der Waals surface area contributed by atoms with Crippen molar-refractivity contribution < 1.29 is 19.0 Å². The second-order valence-electron chi connectivity index (χ2n) is 9.65. The minimum atomic E-state index is -0.455. The lowest BCUT2D eigenvalue weighted by Crippen LogP contribution is -2.35. The van der Waals surface area contributed by atoms with Gasteiger partial charge in [0.25, 0.3) is 5.91 Å². The quantitative estimate of drug-likeness (QED) is 0.328. The number of carbonyl (C=O) groups excluding carboxylic acids is 1. The molecule has 1 N–H and O–H groups in total. The molecular weight excluding hydrogens is 488 g/mol. The highest BCUT2D eigenvalue weighted by molar-refractivity contribution is 8.26. The van der Waals surface area contributed by atoms with Crippen molar-refractivity contribution in [2.75, 3.05) is 20.3 Å². The molecule has 0 saturated heterocycles. The zero-order valence-electron chi connectivity index (χ0n) is 21.8. The number of carbonyl (C=O) groups is 1. The lowest BCUT2D eigenvalue weighted by atomic mass is 9.87. The predicted octanol–water partition coefficient (Wildman–Crippen LogP) is 5.87. The van der Waals surface area contributed by atoms with Gasteiger partial charge < -0.3 is 14.2 Å². The highest BCUT2D eigenvalue weighted by Crippen LogP contribution is 2.32. The maximum absolute atomic E-state index is 12.6. The number of hydrazone groups is 1. The normalized spacial score (nSPS) is 16.5. The van der Waals surface area contributed by atoms with Crippen LogP contribution >= 0.6 is 11.8 Å². The van der Waals surface area contributed by atoms with Gasteiger partial charge in [-0.3, -0.25) is 10.2 Å². The van der Waals surface area contributed by atoms with E-state index in [-0.39, 0.29) is 16.8 Å². The first-order valence-electron chi connectivity index (χ1n) is 12.2. The lowest BCUT2D eigenvalue weighted by molar-refractivity contribution is -0.114. The van der Waals surface area contributed by atoms with Crippen molar-refractivity contribution in [3.63, 3.8) is 0 Å². The average Bonchev–Trinajstić information content (AvgIpc) is 3.27. The first kappa shape index (κ1) is 26.5. The van der Waals surface area contributed by atoms with E-state index in [1.165, 1.54) is 22.3 Å². The molecule has 1 amide bonds. The Balaban J connectivity index is 1.39. The molecule has 8 nitrogen and oxygen atoms in total. The van der Waals surface area contributed by atoms with Crippen molar-refractivity contribution in [3.8, 4) is 17.2 Å². The maximum atomic E-state index is 12.6. The molecule has 0 unspecified atom stereocenters. The molecule has 2 aliphatic rings. The van der Waals surface area contributed by atoms with Crippen LogP contribution in [0.1, 0.15) is 51.7 Å². The van der Waals surface area contributed by atoms with Gasteiger partial charge in [0.15, 0.2) is 17.3 Å². The van der Waals surface area contributed by atoms with Crippen LogP contribution in [0.3, 0.4) is 0 Å². The van der Waals surface area contributed by atoms with E-state index in [1.807, 2.05) is 12.1 Å². The lowest BCUT2D eigenvalue weighted by Gasteiger charge is -2.20. The van der Waals surface area contributed by atoms with Gasteiger partial charge in [-0.25, -0.2) is 0 Å². The zero-order chi connectivity index (χ0) is 26.6. The fourth-order valence-corrected chi connectivity index (χ4v) is 4.76. The molecule has 2 aromatic carbocycles. The standard InChI is InChI=1S/C28H32N4O4S/c1-6-7-24-31-32-25(29)21(26(33)30-27(32)37-24)16-18-8-13-22(23(17-18)34-5)36-15-14-35-20-11-9-19(10-12-20)28(2,3)4/h8-13,16-17,29H,6-7,14-15H2,1-5H3. The van der Waals surface area contributed by atoms with Gasteiger partial charge in [0.1, 0.15) is 24.0 Å². The van der Waals surface area contributed by atoms with Crippen molar-refractivity contribution >= 4 is 39.8 Å². The third-order valence-electron chi connectivity index (χ3n) is 5.79. The molecule has 0 saturated carbocycles. The molecule has 0 aromatic heterocycles. The number of methoxy groups -OCH3 is 1. The van der Waals surface area contributed by atoms with E-state index in [9.17, 15) is 4.79 Å². The van der Waals surface area contributed by atoms with Gasteiger partial charge in [0, 0.05) is 0 Å². The Hall–Kier alpha value is -3.59. The number of nitrogens with zero attached hydrogens (tertiary/aromatic N) is 3. The Bertz CT molecular complexity index is 1280. The van der Waals surface area contributed by atoms with E-state index in [2.05, 4.69) is 49.9 Å². The summed E-state index contributed by atoms with van der Waals surface area (Å²) in [5.74, 6) is 1.43. The number of fused-ring (bicyclic) bond motifs is 1. The number of nitrogens with one attached hydrogen (secondary N) is 1. The maximum Gasteiger partial charge on any atom is 0.283 e. The molecule has 2 aromatic rings. The van der Waals surface area contributed by atoms with Crippen LogP contribution in [0.2, 0.25) is 0 Å². The van der Waals surface area contributed by atoms with Crippen molar-refractivity contribution in [3.05, 3.63) is 59.2 Å². The van der Waals surface area contributed by atoms with Crippen molar-refractivity contribution in [1.82, 2.24) is 5.01 Å². The number of aliphatic imine (C=N–C) groups is 1. The highest BCUT2D eigenvalue weighted by atomic mass is 32.2. The second-order valence-corrected chi connectivity index (χ2v) is 10.7. The zero-order valence-corrected chi connectivity index (χ0v) is 22.6. The van der Waals surface area contributed by atoms with Crippen LogP contribution in [0.15, 0.2) is 58.1 Å². The predicted molar refractivity (Wildman–Crippen MR) is 149 cm³/mol.